The molecule has 1 spiro atoms. The molecule has 0 unspecified atom stereocenters. The van der Waals surface area contributed by atoms with Crippen molar-refractivity contribution in [2.24, 2.45) is 5.41 Å². The van der Waals surface area contributed by atoms with Gasteiger partial charge >= 0.3 is 11.9 Å². The van der Waals surface area contributed by atoms with E-state index in [4.69, 9.17) is 19.8 Å². The molecule has 2 fully saturated rings. The fourth-order valence-corrected chi connectivity index (χ4v) is 1.01. The van der Waals surface area contributed by atoms with Crippen molar-refractivity contribution in [3.05, 3.63) is 0 Å². The average Bonchev–Trinajstić information content (AvgIpc) is 2.64. The highest BCUT2D eigenvalue weighted by atomic mass is 16.4. The zero-order chi connectivity index (χ0) is 9.19. The van der Waals surface area contributed by atoms with Gasteiger partial charge in [0.15, 0.2) is 0 Å². The molecule has 0 amide bonds. The lowest BCUT2D eigenvalue weighted by Gasteiger charge is -2.26. The fourth-order valence-electron chi connectivity index (χ4n) is 1.01. The van der Waals surface area contributed by atoms with Crippen LogP contribution in [0.3, 0.4) is 0 Å². The number of rotatable bonds is 0. The van der Waals surface area contributed by atoms with E-state index < -0.39 is 11.9 Å². The first-order valence-electron chi connectivity index (χ1n) is 3.73. The highest BCUT2D eigenvalue weighted by molar-refractivity contribution is 6.27. The van der Waals surface area contributed by atoms with Gasteiger partial charge in [-0.3, -0.25) is 0 Å². The van der Waals surface area contributed by atoms with Gasteiger partial charge < -0.3 is 15.5 Å². The van der Waals surface area contributed by atoms with E-state index in [0.29, 0.717) is 0 Å². The number of aliphatic carboxylic acids is 2. The van der Waals surface area contributed by atoms with Crippen molar-refractivity contribution in [2.75, 3.05) is 13.1 Å². The van der Waals surface area contributed by atoms with Gasteiger partial charge in [0.25, 0.3) is 0 Å². The van der Waals surface area contributed by atoms with E-state index in [1.165, 1.54) is 25.9 Å². The van der Waals surface area contributed by atoms with Gasteiger partial charge in [-0.1, -0.05) is 0 Å². The minimum atomic E-state index is -1.82. The van der Waals surface area contributed by atoms with Crippen molar-refractivity contribution >= 4 is 11.9 Å². The van der Waals surface area contributed by atoms with Gasteiger partial charge in [-0.2, -0.15) is 0 Å². The Morgan fingerprint density at radius 1 is 1.08 bits per heavy atom. The molecule has 0 bridgehead atoms. The molecule has 0 aromatic rings. The van der Waals surface area contributed by atoms with E-state index in [-0.39, 0.29) is 0 Å². The number of carboxylic acids is 2. The minimum absolute atomic E-state index is 0.861. The molecule has 1 aliphatic heterocycles. The van der Waals surface area contributed by atoms with Crippen LogP contribution in [0.2, 0.25) is 0 Å². The largest absolute Gasteiger partial charge is 0.473 e. The molecule has 68 valence electrons. The topological polar surface area (TPSA) is 86.6 Å². The molecule has 1 saturated carbocycles. The molecular weight excluding hydrogens is 162 g/mol. The summed E-state index contributed by atoms with van der Waals surface area (Å²) in [4.78, 5) is 18.2. The van der Waals surface area contributed by atoms with Gasteiger partial charge in [0.1, 0.15) is 0 Å². The Labute approximate surface area is 69.4 Å². The highest BCUT2D eigenvalue weighted by Crippen LogP contribution is 2.48. The molecule has 1 aliphatic carbocycles. The number of hydrogen-bond acceptors (Lipinski definition) is 3. The Balaban J connectivity index is 0.000000120. The number of hydrogen-bond donors (Lipinski definition) is 3. The third-order valence-corrected chi connectivity index (χ3v) is 2.14. The van der Waals surface area contributed by atoms with E-state index in [1.54, 1.807) is 0 Å². The first-order chi connectivity index (χ1) is 5.56. The van der Waals surface area contributed by atoms with Crippen LogP contribution in [0.4, 0.5) is 0 Å². The van der Waals surface area contributed by atoms with Crippen molar-refractivity contribution < 1.29 is 19.8 Å². The van der Waals surface area contributed by atoms with Crippen molar-refractivity contribution in [2.45, 2.75) is 12.8 Å². The summed E-state index contributed by atoms with van der Waals surface area (Å²) in [6.45, 7) is 2.62. The van der Waals surface area contributed by atoms with Crippen molar-refractivity contribution in [1.82, 2.24) is 5.32 Å². The first-order valence-corrected chi connectivity index (χ1v) is 3.73. The summed E-state index contributed by atoms with van der Waals surface area (Å²) < 4.78 is 0. The van der Waals surface area contributed by atoms with E-state index in [2.05, 4.69) is 5.32 Å². The maximum absolute atomic E-state index is 9.10. The van der Waals surface area contributed by atoms with E-state index in [9.17, 15) is 0 Å². The predicted molar refractivity (Wildman–Crippen MR) is 39.8 cm³/mol. The zero-order valence-corrected chi connectivity index (χ0v) is 6.54. The molecule has 0 aromatic heterocycles. The van der Waals surface area contributed by atoms with Gasteiger partial charge in [0, 0.05) is 13.1 Å². The van der Waals surface area contributed by atoms with Crippen LogP contribution < -0.4 is 5.32 Å². The van der Waals surface area contributed by atoms with Crippen LogP contribution in [0, 0.1) is 5.41 Å². The lowest BCUT2D eigenvalue weighted by Crippen LogP contribution is -2.43. The molecule has 5 nitrogen and oxygen atoms in total. The third-order valence-electron chi connectivity index (χ3n) is 2.14. The molecule has 2 aliphatic rings. The van der Waals surface area contributed by atoms with Crippen LogP contribution in [0.15, 0.2) is 0 Å². The molecule has 0 radical (unpaired) electrons. The Bertz CT molecular complexity index is 191. The second-order valence-electron chi connectivity index (χ2n) is 3.21. The van der Waals surface area contributed by atoms with E-state index >= 15 is 0 Å². The molecule has 3 N–H and O–H groups in total. The molecule has 2 rings (SSSR count). The maximum atomic E-state index is 9.10. The monoisotopic (exact) mass is 173 g/mol. The third kappa shape index (κ3) is 2.20. The molecular formula is C7H11NO4. The molecule has 12 heavy (non-hydrogen) atoms. The Morgan fingerprint density at radius 3 is 1.50 bits per heavy atom. The molecule has 1 heterocycles. The average molecular weight is 173 g/mol. The Hall–Kier alpha value is -1.10. The van der Waals surface area contributed by atoms with E-state index in [0.717, 1.165) is 5.41 Å². The van der Waals surface area contributed by atoms with Gasteiger partial charge in [-0.25, -0.2) is 9.59 Å². The minimum Gasteiger partial charge on any atom is -0.473 e. The summed E-state index contributed by atoms with van der Waals surface area (Å²) in [5.74, 6) is -3.65. The van der Waals surface area contributed by atoms with Gasteiger partial charge in [-0.15, -0.1) is 0 Å². The standard InChI is InChI=1S/C5H9N.C2H2O4/c1-2-5(1)3-6-4-5;3-1(4)2(5)6/h6H,1-4H2;(H,3,4)(H,5,6). The second-order valence-corrected chi connectivity index (χ2v) is 3.21. The second kappa shape index (κ2) is 3.10. The quantitative estimate of drug-likeness (QED) is 0.431. The Morgan fingerprint density at radius 2 is 1.50 bits per heavy atom. The van der Waals surface area contributed by atoms with Gasteiger partial charge in [-0.05, 0) is 18.3 Å². The maximum Gasteiger partial charge on any atom is 0.414 e. The lowest BCUT2D eigenvalue weighted by molar-refractivity contribution is -0.159. The van der Waals surface area contributed by atoms with Crippen LogP contribution in [0.25, 0.3) is 0 Å². The highest BCUT2D eigenvalue weighted by Gasteiger charge is 2.47. The van der Waals surface area contributed by atoms with Crippen LogP contribution in [0.1, 0.15) is 12.8 Å². The molecule has 1 saturated heterocycles. The SMILES string of the molecule is C1CC12CNC2.O=C(O)C(=O)O. The van der Waals surface area contributed by atoms with Crippen LogP contribution in [0.5, 0.6) is 0 Å². The van der Waals surface area contributed by atoms with Crippen LogP contribution in [-0.4, -0.2) is 35.2 Å². The first kappa shape index (κ1) is 8.99. The van der Waals surface area contributed by atoms with Crippen molar-refractivity contribution in [1.29, 1.82) is 0 Å². The zero-order valence-electron chi connectivity index (χ0n) is 6.54. The van der Waals surface area contributed by atoms with Crippen LogP contribution in [-0.2, 0) is 9.59 Å². The Kier molecular flexibility index (Phi) is 2.32. The summed E-state index contributed by atoms with van der Waals surface area (Å²) >= 11 is 0. The molecule has 0 atom stereocenters. The van der Waals surface area contributed by atoms with Crippen molar-refractivity contribution in [3.8, 4) is 0 Å². The number of carboxylic acid groups (broad SMARTS) is 2. The number of nitrogens with one attached hydrogen (secondary N) is 1. The normalized spacial score (nSPS) is 21.7. The van der Waals surface area contributed by atoms with Gasteiger partial charge in [0.2, 0.25) is 0 Å². The molecule has 0 aromatic carbocycles. The molecule has 5 heteroatoms. The fraction of sp³-hybridized carbons (Fsp3) is 0.714. The smallest absolute Gasteiger partial charge is 0.414 e. The summed E-state index contributed by atoms with van der Waals surface area (Å²) in [5.41, 5.74) is 0.861. The van der Waals surface area contributed by atoms with Crippen molar-refractivity contribution in [3.63, 3.8) is 0 Å². The number of carbonyl (C=O) groups is 2. The lowest BCUT2D eigenvalue weighted by atomic mass is 10.0. The summed E-state index contributed by atoms with van der Waals surface area (Å²) in [7, 11) is 0. The van der Waals surface area contributed by atoms with E-state index in [1.807, 2.05) is 0 Å². The predicted octanol–water partition coefficient (Wildman–Crippen LogP) is -0.475. The summed E-state index contributed by atoms with van der Waals surface area (Å²) in [6, 6.07) is 0. The van der Waals surface area contributed by atoms with Crippen LogP contribution >= 0.6 is 0 Å². The summed E-state index contributed by atoms with van der Waals surface area (Å²) in [5, 5.41) is 18.0. The summed E-state index contributed by atoms with van der Waals surface area (Å²) in [6.07, 6.45) is 3.00. The van der Waals surface area contributed by atoms with Gasteiger partial charge in [0.05, 0.1) is 0 Å².